The zero-order valence-corrected chi connectivity index (χ0v) is 11.9. The number of anilines is 1. The Kier molecular flexibility index (Phi) is 5.45. The summed E-state index contributed by atoms with van der Waals surface area (Å²) in [6.45, 7) is 3.56. The molecular weight excluding hydrogens is 210 g/mol. The van der Waals surface area contributed by atoms with Crippen molar-refractivity contribution < 1.29 is 9.80 Å². The average Bonchev–Trinajstić information content (AvgIpc) is 2.27. The van der Waals surface area contributed by atoms with Crippen LogP contribution in [0.25, 0.3) is 0 Å². The summed E-state index contributed by atoms with van der Waals surface area (Å²) in [5, 5.41) is 0. The molecule has 0 aliphatic carbocycles. The summed E-state index contributed by atoms with van der Waals surface area (Å²) < 4.78 is 0. The van der Waals surface area contributed by atoms with E-state index < -0.39 is 0 Å². The second kappa shape index (κ2) is 6.62. The van der Waals surface area contributed by atoms with Crippen LogP contribution >= 0.6 is 0 Å². The van der Waals surface area contributed by atoms with Crippen LogP contribution in [0.3, 0.4) is 0 Å². The maximum Gasteiger partial charge on any atom is 0.127 e. The predicted octanol–water partition coefficient (Wildman–Crippen LogP) is -1.09. The number of rotatable bonds is 6. The Morgan fingerprint density at radius 1 is 0.941 bits per heavy atom. The molecule has 0 aliphatic heterocycles. The molecule has 96 valence electrons. The summed E-state index contributed by atoms with van der Waals surface area (Å²) >= 11 is 0. The van der Waals surface area contributed by atoms with Gasteiger partial charge in [-0.05, 0) is 12.1 Å². The first-order valence-electron chi connectivity index (χ1n) is 6.35. The standard InChI is InChI=1S/C14H25N3/c1-15(2)10-11-17(5)12-13-6-8-14(9-7-13)16(3)4/h6-9H,10-12H2,1-5H3/p+2. The average molecular weight is 237 g/mol. The first-order valence-corrected chi connectivity index (χ1v) is 6.35. The molecule has 1 aromatic carbocycles. The normalized spacial score (nSPS) is 12.8. The van der Waals surface area contributed by atoms with Crippen LogP contribution in [0.2, 0.25) is 0 Å². The molecular formula is C14H27N3+2. The minimum absolute atomic E-state index is 1.11. The van der Waals surface area contributed by atoms with Crippen molar-refractivity contribution in [3.63, 3.8) is 0 Å². The van der Waals surface area contributed by atoms with Crippen LogP contribution in [0.5, 0.6) is 0 Å². The Morgan fingerprint density at radius 3 is 2.00 bits per heavy atom. The van der Waals surface area contributed by atoms with Gasteiger partial charge in [0.05, 0.1) is 21.1 Å². The molecule has 3 heteroatoms. The number of nitrogens with one attached hydrogen (secondary N) is 2. The Balaban J connectivity index is 2.45. The largest absolute Gasteiger partial charge is 0.378 e. The molecule has 1 atom stereocenters. The van der Waals surface area contributed by atoms with Gasteiger partial charge in [-0.25, -0.2) is 0 Å². The number of hydrogen-bond donors (Lipinski definition) is 2. The van der Waals surface area contributed by atoms with E-state index in [1.807, 2.05) is 0 Å². The maximum atomic E-state index is 2.27. The van der Waals surface area contributed by atoms with Gasteiger partial charge in [0.25, 0.3) is 0 Å². The van der Waals surface area contributed by atoms with Crippen LogP contribution in [0, 0.1) is 0 Å². The van der Waals surface area contributed by atoms with Gasteiger partial charge in [-0.1, -0.05) is 12.1 Å². The third-order valence-electron chi connectivity index (χ3n) is 3.01. The molecule has 1 rings (SSSR count). The maximum absolute atomic E-state index is 2.27. The summed E-state index contributed by atoms with van der Waals surface area (Å²) in [4.78, 5) is 5.23. The van der Waals surface area contributed by atoms with E-state index in [4.69, 9.17) is 0 Å². The van der Waals surface area contributed by atoms with Crippen molar-refractivity contribution in [3.05, 3.63) is 29.8 Å². The van der Waals surface area contributed by atoms with Crippen LogP contribution < -0.4 is 14.7 Å². The summed E-state index contributed by atoms with van der Waals surface area (Å²) in [6, 6.07) is 8.86. The molecule has 17 heavy (non-hydrogen) atoms. The van der Waals surface area contributed by atoms with Crippen molar-refractivity contribution in [1.82, 2.24) is 0 Å². The minimum atomic E-state index is 1.11. The first kappa shape index (κ1) is 14.0. The highest BCUT2D eigenvalue weighted by Gasteiger charge is 2.06. The lowest BCUT2D eigenvalue weighted by Crippen LogP contribution is -3.15. The smallest absolute Gasteiger partial charge is 0.127 e. The summed E-state index contributed by atoms with van der Waals surface area (Å²) in [5.74, 6) is 0. The van der Waals surface area contributed by atoms with Gasteiger partial charge in [-0.3, -0.25) is 0 Å². The van der Waals surface area contributed by atoms with E-state index in [-0.39, 0.29) is 0 Å². The fourth-order valence-corrected chi connectivity index (χ4v) is 1.81. The molecule has 2 N–H and O–H groups in total. The van der Waals surface area contributed by atoms with Crippen LogP contribution in [0.1, 0.15) is 5.56 Å². The quantitative estimate of drug-likeness (QED) is 0.641. The Labute approximate surface area is 106 Å². The van der Waals surface area contributed by atoms with E-state index in [2.05, 4.69) is 64.4 Å². The SMILES string of the molecule is CN(C)c1ccc(C[NH+](C)CC[NH+](C)C)cc1. The van der Waals surface area contributed by atoms with E-state index in [0.29, 0.717) is 0 Å². The van der Waals surface area contributed by atoms with Crippen molar-refractivity contribution in [2.24, 2.45) is 0 Å². The zero-order valence-electron chi connectivity index (χ0n) is 11.9. The molecule has 3 nitrogen and oxygen atoms in total. The molecule has 0 aromatic heterocycles. The van der Waals surface area contributed by atoms with Gasteiger partial charge in [0.15, 0.2) is 0 Å². The van der Waals surface area contributed by atoms with Crippen LogP contribution in [-0.2, 0) is 6.54 Å². The molecule has 0 aliphatic rings. The van der Waals surface area contributed by atoms with E-state index in [1.165, 1.54) is 29.2 Å². The van der Waals surface area contributed by atoms with Crippen molar-refractivity contribution >= 4 is 5.69 Å². The minimum Gasteiger partial charge on any atom is -0.378 e. The van der Waals surface area contributed by atoms with E-state index in [0.717, 1.165) is 6.54 Å². The third-order valence-corrected chi connectivity index (χ3v) is 3.01. The highest BCUT2D eigenvalue weighted by molar-refractivity contribution is 5.45. The topological polar surface area (TPSA) is 12.1 Å². The number of quaternary nitrogens is 2. The molecule has 0 amide bonds. The zero-order chi connectivity index (χ0) is 12.8. The van der Waals surface area contributed by atoms with Gasteiger partial charge >= 0.3 is 0 Å². The van der Waals surface area contributed by atoms with Gasteiger partial charge in [0, 0.05) is 25.3 Å². The fourth-order valence-electron chi connectivity index (χ4n) is 1.81. The fraction of sp³-hybridized carbons (Fsp3) is 0.571. The van der Waals surface area contributed by atoms with Gasteiger partial charge in [-0.15, -0.1) is 0 Å². The summed E-state index contributed by atoms with van der Waals surface area (Å²) in [6.07, 6.45) is 0. The van der Waals surface area contributed by atoms with Crippen molar-refractivity contribution in [3.8, 4) is 0 Å². The Morgan fingerprint density at radius 2 is 1.53 bits per heavy atom. The second-order valence-corrected chi connectivity index (χ2v) is 5.40. The van der Waals surface area contributed by atoms with E-state index in [9.17, 15) is 0 Å². The second-order valence-electron chi connectivity index (χ2n) is 5.40. The molecule has 0 heterocycles. The van der Waals surface area contributed by atoms with Crippen molar-refractivity contribution in [2.45, 2.75) is 6.54 Å². The summed E-state index contributed by atoms with van der Waals surface area (Å²) in [5.41, 5.74) is 2.69. The van der Waals surface area contributed by atoms with Gasteiger partial charge < -0.3 is 14.7 Å². The molecule has 0 saturated carbocycles. The first-order chi connectivity index (χ1) is 7.99. The van der Waals surface area contributed by atoms with Gasteiger partial charge in [0.2, 0.25) is 0 Å². The Hall–Kier alpha value is -1.06. The number of likely N-dealkylation sites (N-methyl/N-ethyl adjacent to an activating group) is 2. The third kappa shape index (κ3) is 5.20. The molecule has 1 aromatic rings. The molecule has 1 unspecified atom stereocenters. The van der Waals surface area contributed by atoms with Crippen LogP contribution in [-0.4, -0.2) is 48.3 Å². The summed E-state index contributed by atoms with van der Waals surface area (Å²) in [7, 11) is 10.8. The monoisotopic (exact) mass is 237 g/mol. The highest BCUT2D eigenvalue weighted by Crippen LogP contribution is 2.11. The lowest BCUT2D eigenvalue weighted by Gasteiger charge is -2.16. The number of hydrogen-bond acceptors (Lipinski definition) is 1. The molecule has 0 radical (unpaired) electrons. The highest BCUT2D eigenvalue weighted by atomic mass is 15.1. The number of nitrogens with zero attached hydrogens (tertiary/aromatic N) is 1. The van der Waals surface area contributed by atoms with E-state index >= 15 is 0 Å². The molecule has 0 fully saturated rings. The van der Waals surface area contributed by atoms with E-state index in [1.54, 1.807) is 4.90 Å². The molecule has 0 saturated heterocycles. The number of benzene rings is 1. The lowest BCUT2D eigenvalue weighted by molar-refractivity contribution is -0.937. The van der Waals surface area contributed by atoms with Crippen LogP contribution in [0.4, 0.5) is 5.69 Å². The van der Waals surface area contributed by atoms with Crippen molar-refractivity contribution in [2.75, 3.05) is 53.2 Å². The van der Waals surface area contributed by atoms with Crippen molar-refractivity contribution in [1.29, 1.82) is 0 Å². The lowest BCUT2D eigenvalue weighted by atomic mass is 10.2. The Bertz CT molecular complexity index is 317. The molecule has 0 bridgehead atoms. The van der Waals surface area contributed by atoms with Crippen LogP contribution in [0.15, 0.2) is 24.3 Å². The molecule has 0 spiro atoms. The van der Waals surface area contributed by atoms with Gasteiger partial charge in [-0.2, -0.15) is 0 Å². The predicted molar refractivity (Wildman–Crippen MR) is 73.9 cm³/mol. The van der Waals surface area contributed by atoms with Gasteiger partial charge in [0.1, 0.15) is 19.6 Å².